The molecule has 1 aromatic carbocycles. The molecule has 0 radical (unpaired) electrons. The minimum Gasteiger partial charge on any atom is -0.0955 e. The molecule has 1 rings (SSSR count). The molecule has 120 valence electrons. The van der Waals surface area contributed by atoms with Crippen LogP contribution in [-0.4, -0.2) is 0 Å². The molecule has 23 heavy (non-hydrogen) atoms. The van der Waals surface area contributed by atoms with Crippen LogP contribution in [0.2, 0.25) is 0 Å². The van der Waals surface area contributed by atoms with Gasteiger partial charge in [-0.3, -0.25) is 0 Å². The summed E-state index contributed by atoms with van der Waals surface area (Å²) in [6, 6.07) is 8.48. The summed E-state index contributed by atoms with van der Waals surface area (Å²) in [5.74, 6) is 0. The Labute approximate surface area is 141 Å². The molecule has 0 heteroatoms. The van der Waals surface area contributed by atoms with Crippen molar-refractivity contribution >= 4 is 5.57 Å². The van der Waals surface area contributed by atoms with Crippen LogP contribution in [0.25, 0.3) is 5.57 Å². The van der Waals surface area contributed by atoms with Crippen LogP contribution >= 0.6 is 0 Å². The minimum absolute atomic E-state index is 0.975. The quantitative estimate of drug-likeness (QED) is 0.497. The van der Waals surface area contributed by atoms with Gasteiger partial charge in [0, 0.05) is 0 Å². The highest BCUT2D eigenvalue weighted by Gasteiger charge is 2.08. The number of benzene rings is 1. The van der Waals surface area contributed by atoms with E-state index in [0.29, 0.717) is 0 Å². The molecule has 0 saturated heterocycles. The van der Waals surface area contributed by atoms with Crippen LogP contribution < -0.4 is 0 Å². The third kappa shape index (κ3) is 4.82. The van der Waals surface area contributed by atoms with Crippen molar-refractivity contribution in [3.05, 3.63) is 101 Å². The number of hydrogen-bond acceptors (Lipinski definition) is 0. The fourth-order valence-corrected chi connectivity index (χ4v) is 2.45. The first kappa shape index (κ1) is 18.7. The fraction of sp³-hybridized carbons (Fsp3) is 0.217. The molecule has 0 aliphatic rings. The second kappa shape index (κ2) is 8.33. The Kier molecular flexibility index (Phi) is 6.78. The standard InChI is InChI=1S/C23H28/c1-9-21(19(7)16(3)4)15-18(6)23(10-2)20(8)22-13-11-17(5)12-14-22/h9-15H,3,7-8H2,1-2,4-6H3. The second-order valence-corrected chi connectivity index (χ2v) is 5.88. The molecular weight excluding hydrogens is 276 g/mol. The summed E-state index contributed by atoms with van der Waals surface area (Å²) in [7, 11) is 0. The van der Waals surface area contributed by atoms with Crippen molar-refractivity contribution in [3.63, 3.8) is 0 Å². The van der Waals surface area contributed by atoms with Crippen molar-refractivity contribution in [3.8, 4) is 0 Å². The third-order valence-corrected chi connectivity index (χ3v) is 3.99. The lowest BCUT2D eigenvalue weighted by Gasteiger charge is -2.14. The first-order valence-corrected chi connectivity index (χ1v) is 7.94. The Balaban J connectivity index is 3.16. The predicted octanol–water partition coefficient (Wildman–Crippen LogP) is 6.98. The van der Waals surface area contributed by atoms with Crippen LogP contribution in [0.15, 0.2) is 90.1 Å². The Morgan fingerprint density at radius 2 is 1.48 bits per heavy atom. The number of hydrogen-bond donors (Lipinski definition) is 0. The molecule has 0 amide bonds. The smallest absolute Gasteiger partial charge is 0.0184 e. The highest BCUT2D eigenvalue weighted by Crippen LogP contribution is 2.29. The van der Waals surface area contributed by atoms with E-state index in [1.54, 1.807) is 0 Å². The first-order chi connectivity index (χ1) is 10.8. The molecule has 0 spiro atoms. The molecule has 0 atom stereocenters. The van der Waals surface area contributed by atoms with Gasteiger partial charge in [0.2, 0.25) is 0 Å². The topological polar surface area (TPSA) is 0 Å². The summed E-state index contributed by atoms with van der Waals surface area (Å²) < 4.78 is 0. The lowest BCUT2D eigenvalue weighted by molar-refractivity contribution is 1.34. The largest absolute Gasteiger partial charge is 0.0955 e. The molecule has 0 N–H and O–H groups in total. The lowest BCUT2D eigenvalue weighted by atomic mass is 9.91. The molecule has 0 bridgehead atoms. The SMILES string of the molecule is C=C(C)C(=C)C(C=C(C)C(=CC)C(=C)c1ccc(C)cc1)=CC. The van der Waals surface area contributed by atoms with E-state index in [9.17, 15) is 0 Å². The van der Waals surface area contributed by atoms with Gasteiger partial charge in [0.05, 0.1) is 0 Å². The summed E-state index contributed by atoms with van der Waals surface area (Å²) >= 11 is 0. The van der Waals surface area contributed by atoms with E-state index >= 15 is 0 Å². The molecule has 0 aliphatic heterocycles. The van der Waals surface area contributed by atoms with Crippen LogP contribution in [0.3, 0.4) is 0 Å². The molecular formula is C23H28. The molecule has 0 unspecified atom stereocenters. The first-order valence-electron chi connectivity index (χ1n) is 7.94. The summed E-state index contributed by atoms with van der Waals surface area (Å²) in [5, 5.41) is 0. The summed E-state index contributed by atoms with van der Waals surface area (Å²) in [6.45, 7) is 22.7. The number of allylic oxidation sites excluding steroid dienone is 9. The van der Waals surface area contributed by atoms with E-state index in [-0.39, 0.29) is 0 Å². The zero-order chi connectivity index (χ0) is 17.6. The highest BCUT2D eigenvalue weighted by atomic mass is 14.1. The molecule has 0 aromatic heterocycles. The molecule has 0 heterocycles. The van der Waals surface area contributed by atoms with Gasteiger partial charge in [0.1, 0.15) is 0 Å². The van der Waals surface area contributed by atoms with Gasteiger partial charge in [-0.15, -0.1) is 0 Å². The van der Waals surface area contributed by atoms with E-state index in [1.165, 1.54) is 11.1 Å². The van der Waals surface area contributed by atoms with Gasteiger partial charge in [-0.2, -0.15) is 0 Å². The zero-order valence-electron chi connectivity index (χ0n) is 15.2. The third-order valence-electron chi connectivity index (χ3n) is 3.99. The lowest BCUT2D eigenvalue weighted by Crippen LogP contribution is -1.94. The van der Waals surface area contributed by atoms with E-state index in [0.717, 1.165) is 33.4 Å². The van der Waals surface area contributed by atoms with Crippen LogP contribution in [0.4, 0.5) is 0 Å². The molecule has 0 saturated carbocycles. The van der Waals surface area contributed by atoms with Crippen molar-refractivity contribution in [2.24, 2.45) is 0 Å². The monoisotopic (exact) mass is 304 g/mol. The summed E-state index contributed by atoms with van der Waals surface area (Å²) in [6.07, 6.45) is 6.35. The maximum absolute atomic E-state index is 4.29. The number of rotatable bonds is 6. The van der Waals surface area contributed by atoms with E-state index in [2.05, 4.69) is 83.0 Å². The van der Waals surface area contributed by atoms with E-state index in [4.69, 9.17) is 0 Å². The van der Waals surface area contributed by atoms with Crippen molar-refractivity contribution in [1.82, 2.24) is 0 Å². The van der Waals surface area contributed by atoms with Crippen LogP contribution in [0.1, 0.15) is 38.8 Å². The van der Waals surface area contributed by atoms with Gasteiger partial charge < -0.3 is 0 Å². The normalized spacial score (nSPS) is 13.0. The highest BCUT2D eigenvalue weighted by molar-refractivity contribution is 5.82. The fourth-order valence-electron chi connectivity index (χ4n) is 2.45. The maximum Gasteiger partial charge on any atom is -0.0184 e. The van der Waals surface area contributed by atoms with Crippen molar-refractivity contribution in [1.29, 1.82) is 0 Å². The van der Waals surface area contributed by atoms with Crippen LogP contribution in [0, 0.1) is 6.92 Å². The Morgan fingerprint density at radius 3 is 1.91 bits per heavy atom. The predicted molar refractivity (Wildman–Crippen MR) is 105 cm³/mol. The summed E-state index contributed by atoms with van der Waals surface area (Å²) in [5.41, 5.74) is 8.84. The average Bonchev–Trinajstić information content (AvgIpc) is 2.53. The Morgan fingerprint density at radius 1 is 0.913 bits per heavy atom. The Bertz CT molecular complexity index is 701. The number of aryl methyl sites for hydroxylation is 1. The summed E-state index contributed by atoms with van der Waals surface area (Å²) in [4.78, 5) is 0. The van der Waals surface area contributed by atoms with Gasteiger partial charge in [-0.25, -0.2) is 0 Å². The molecule has 0 fully saturated rings. The van der Waals surface area contributed by atoms with Gasteiger partial charge in [-0.1, -0.05) is 73.4 Å². The van der Waals surface area contributed by atoms with Crippen LogP contribution in [0.5, 0.6) is 0 Å². The molecule has 0 aliphatic carbocycles. The van der Waals surface area contributed by atoms with E-state index < -0.39 is 0 Å². The Hall–Kier alpha value is -2.34. The van der Waals surface area contributed by atoms with Crippen molar-refractivity contribution in [2.45, 2.75) is 34.6 Å². The second-order valence-electron chi connectivity index (χ2n) is 5.88. The van der Waals surface area contributed by atoms with Gasteiger partial charge in [-0.05, 0) is 68.0 Å². The van der Waals surface area contributed by atoms with Gasteiger partial charge >= 0.3 is 0 Å². The zero-order valence-corrected chi connectivity index (χ0v) is 15.2. The molecule has 0 nitrogen and oxygen atoms in total. The molecule has 1 aromatic rings. The average molecular weight is 304 g/mol. The maximum atomic E-state index is 4.29. The van der Waals surface area contributed by atoms with Crippen molar-refractivity contribution in [2.75, 3.05) is 0 Å². The minimum atomic E-state index is 0.975. The van der Waals surface area contributed by atoms with E-state index in [1.807, 2.05) is 13.8 Å². The van der Waals surface area contributed by atoms with Crippen molar-refractivity contribution < 1.29 is 0 Å². The van der Waals surface area contributed by atoms with Gasteiger partial charge in [0.15, 0.2) is 0 Å². The van der Waals surface area contributed by atoms with Crippen LogP contribution in [-0.2, 0) is 0 Å². The van der Waals surface area contributed by atoms with Gasteiger partial charge in [0.25, 0.3) is 0 Å².